The number of nitrogens with one attached hydrogen (secondary N) is 1. The van der Waals surface area contributed by atoms with Crippen molar-refractivity contribution in [2.45, 2.75) is 32.2 Å². The number of rotatable bonds is 6. The maximum Gasteiger partial charge on any atom is 0.231 e. The van der Waals surface area contributed by atoms with E-state index in [1.807, 2.05) is 37.3 Å². The average Bonchev–Trinajstić information content (AvgIpc) is 3.29. The first-order valence-corrected chi connectivity index (χ1v) is 6.93. The van der Waals surface area contributed by atoms with Crippen molar-refractivity contribution < 1.29 is 10.0 Å². The van der Waals surface area contributed by atoms with Gasteiger partial charge in [0.15, 0.2) is 5.84 Å². The summed E-state index contributed by atoms with van der Waals surface area (Å²) in [6.07, 6.45) is 2.75. The fourth-order valence-corrected chi connectivity index (χ4v) is 2.29. The van der Waals surface area contributed by atoms with Crippen LogP contribution in [0.4, 0.5) is 0 Å². The molecule has 5 nitrogen and oxygen atoms in total. The van der Waals surface area contributed by atoms with E-state index in [2.05, 4.69) is 10.5 Å². The van der Waals surface area contributed by atoms with Crippen LogP contribution in [0.25, 0.3) is 0 Å². The second-order valence-corrected chi connectivity index (χ2v) is 5.40. The second kappa shape index (κ2) is 6.41. The molecular weight excluding hydrogens is 254 g/mol. The molecule has 1 aliphatic carbocycles. The lowest BCUT2D eigenvalue weighted by molar-refractivity contribution is -0.123. The molecular formula is C15H21N3O2. The predicted molar refractivity (Wildman–Crippen MR) is 77.4 cm³/mol. The second-order valence-electron chi connectivity index (χ2n) is 5.40. The van der Waals surface area contributed by atoms with Crippen molar-refractivity contribution in [2.24, 2.45) is 22.7 Å². The standard InChI is InChI=1S/C15H21N3O2/c1-10(12-7-8-12)17-15(19)13(14(16)18-20)9-11-5-3-2-4-6-11/h2-6,10,12-13,20H,7-9H2,1H3,(H2,16,18)(H,17,19). The Morgan fingerprint density at radius 3 is 2.65 bits per heavy atom. The van der Waals surface area contributed by atoms with Gasteiger partial charge in [0.05, 0.1) is 0 Å². The van der Waals surface area contributed by atoms with E-state index < -0.39 is 5.92 Å². The number of amides is 1. The summed E-state index contributed by atoms with van der Waals surface area (Å²) in [5.41, 5.74) is 6.66. The summed E-state index contributed by atoms with van der Waals surface area (Å²) >= 11 is 0. The number of oxime groups is 1. The Morgan fingerprint density at radius 2 is 2.10 bits per heavy atom. The lowest BCUT2D eigenvalue weighted by Crippen LogP contribution is -2.44. The molecule has 0 aliphatic heterocycles. The Morgan fingerprint density at radius 1 is 1.45 bits per heavy atom. The van der Waals surface area contributed by atoms with Crippen molar-refractivity contribution in [1.82, 2.24) is 5.32 Å². The quantitative estimate of drug-likeness (QED) is 0.318. The normalized spacial score (nSPS) is 18.4. The first-order valence-electron chi connectivity index (χ1n) is 6.93. The molecule has 5 heteroatoms. The average molecular weight is 275 g/mol. The van der Waals surface area contributed by atoms with Crippen LogP contribution in [-0.4, -0.2) is 23.0 Å². The summed E-state index contributed by atoms with van der Waals surface area (Å²) in [5.74, 6) is -0.287. The fraction of sp³-hybridized carbons (Fsp3) is 0.467. The number of benzene rings is 1. The van der Waals surface area contributed by atoms with E-state index in [4.69, 9.17) is 10.9 Å². The monoisotopic (exact) mass is 275 g/mol. The predicted octanol–water partition coefficient (Wildman–Crippen LogP) is 1.51. The van der Waals surface area contributed by atoms with Gasteiger partial charge in [-0.25, -0.2) is 0 Å². The lowest BCUT2D eigenvalue weighted by atomic mass is 9.97. The minimum Gasteiger partial charge on any atom is -0.409 e. The van der Waals surface area contributed by atoms with Gasteiger partial charge in [-0.15, -0.1) is 0 Å². The number of nitrogens with zero attached hydrogens (tertiary/aromatic N) is 1. The van der Waals surface area contributed by atoms with Crippen LogP contribution in [0.1, 0.15) is 25.3 Å². The third-order valence-electron chi connectivity index (χ3n) is 3.77. The summed E-state index contributed by atoms with van der Waals surface area (Å²) in [7, 11) is 0. The lowest BCUT2D eigenvalue weighted by Gasteiger charge is -2.19. The molecule has 1 aromatic carbocycles. The molecule has 1 aliphatic rings. The Balaban J connectivity index is 2.04. The highest BCUT2D eigenvalue weighted by molar-refractivity contribution is 6.02. The van der Waals surface area contributed by atoms with Gasteiger partial charge in [0.1, 0.15) is 5.92 Å². The summed E-state index contributed by atoms with van der Waals surface area (Å²) in [6, 6.07) is 9.72. The van der Waals surface area contributed by atoms with Gasteiger partial charge in [-0.2, -0.15) is 0 Å². The molecule has 0 aromatic heterocycles. The number of nitrogens with two attached hydrogens (primary N) is 1. The zero-order valence-corrected chi connectivity index (χ0v) is 11.6. The van der Waals surface area contributed by atoms with E-state index >= 15 is 0 Å². The molecule has 1 aromatic rings. The van der Waals surface area contributed by atoms with E-state index in [1.165, 1.54) is 0 Å². The molecule has 1 saturated carbocycles. The topological polar surface area (TPSA) is 87.7 Å². The number of hydrogen-bond acceptors (Lipinski definition) is 3. The van der Waals surface area contributed by atoms with Crippen molar-refractivity contribution >= 4 is 11.7 Å². The minimum atomic E-state index is -0.636. The zero-order chi connectivity index (χ0) is 14.5. The highest BCUT2D eigenvalue weighted by Gasteiger charge is 2.31. The summed E-state index contributed by atoms with van der Waals surface area (Å²) in [6.45, 7) is 2.00. The molecule has 0 radical (unpaired) electrons. The highest BCUT2D eigenvalue weighted by Crippen LogP contribution is 2.32. The molecule has 2 rings (SSSR count). The maximum absolute atomic E-state index is 12.3. The van der Waals surface area contributed by atoms with Crippen molar-refractivity contribution in [3.8, 4) is 0 Å². The van der Waals surface area contributed by atoms with Gasteiger partial charge in [-0.05, 0) is 37.7 Å². The van der Waals surface area contributed by atoms with Gasteiger partial charge in [-0.3, -0.25) is 4.79 Å². The van der Waals surface area contributed by atoms with Crippen LogP contribution in [0.3, 0.4) is 0 Å². The van der Waals surface area contributed by atoms with Crippen LogP contribution in [-0.2, 0) is 11.2 Å². The van der Waals surface area contributed by atoms with Crippen LogP contribution < -0.4 is 11.1 Å². The third kappa shape index (κ3) is 3.73. The van der Waals surface area contributed by atoms with Gasteiger partial charge in [0.2, 0.25) is 5.91 Å². The van der Waals surface area contributed by atoms with Crippen LogP contribution in [0.2, 0.25) is 0 Å². The molecule has 0 spiro atoms. The Labute approximate surface area is 118 Å². The first kappa shape index (κ1) is 14.4. The van der Waals surface area contributed by atoms with Gasteiger partial charge in [0, 0.05) is 6.04 Å². The Hall–Kier alpha value is -2.04. The minimum absolute atomic E-state index is 0.0469. The van der Waals surface area contributed by atoms with E-state index in [1.54, 1.807) is 0 Å². The molecule has 2 unspecified atom stereocenters. The molecule has 0 bridgehead atoms. The van der Waals surface area contributed by atoms with Gasteiger partial charge in [-0.1, -0.05) is 35.5 Å². The van der Waals surface area contributed by atoms with E-state index in [9.17, 15) is 4.79 Å². The van der Waals surface area contributed by atoms with Gasteiger partial charge >= 0.3 is 0 Å². The Bertz CT molecular complexity index is 483. The fourth-order valence-electron chi connectivity index (χ4n) is 2.29. The molecule has 0 saturated heterocycles. The van der Waals surface area contributed by atoms with E-state index in [0.717, 1.165) is 18.4 Å². The van der Waals surface area contributed by atoms with Gasteiger partial charge in [0.25, 0.3) is 0 Å². The Kier molecular flexibility index (Phi) is 4.61. The van der Waals surface area contributed by atoms with Crippen molar-refractivity contribution in [1.29, 1.82) is 0 Å². The summed E-state index contributed by atoms with van der Waals surface area (Å²) < 4.78 is 0. The smallest absolute Gasteiger partial charge is 0.231 e. The number of hydrogen-bond donors (Lipinski definition) is 3. The molecule has 4 N–H and O–H groups in total. The van der Waals surface area contributed by atoms with Crippen LogP contribution in [0, 0.1) is 11.8 Å². The SMILES string of the molecule is CC(NC(=O)C(Cc1ccccc1)C(N)=NO)C1CC1. The molecule has 20 heavy (non-hydrogen) atoms. The van der Waals surface area contributed by atoms with E-state index in [-0.39, 0.29) is 17.8 Å². The van der Waals surface area contributed by atoms with Crippen LogP contribution in [0.5, 0.6) is 0 Å². The first-order chi connectivity index (χ1) is 9.61. The molecule has 1 fully saturated rings. The van der Waals surface area contributed by atoms with Crippen LogP contribution >= 0.6 is 0 Å². The highest BCUT2D eigenvalue weighted by atomic mass is 16.4. The zero-order valence-electron chi connectivity index (χ0n) is 11.6. The molecule has 2 atom stereocenters. The third-order valence-corrected chi connectivity index (χ3v) is 3.77. The van der Waals surface area contributed by atoms with Crippen molar-refractivity contribution in [3.63, 3.8) is 0 Å². The number of carbonyl (C=O) groups excluding carboxylic acids is 1. The summed E-state index contributed by atoms with van der Waals surface area (Å²) in [4.78, 5) is 12.3. The largest absolute Gasteiger partial charge is 0.409 e. The molecule has 0 heterocycles. The van der Waals surface area contributed by atoms with Crippen molar-refractivity contribution in [2.75, 3.05) is 0 Å². The van der Waals surface area contributed by atoms with Gasteiger partial charge < -0.3 is 16.3 Å². The number of amidine groups is 1. The summed E-state index contributed by atoms with van der Waals surface area (Å²) in [5, 5.41) is 14.8. The van der Waals surface area contributed by atoms with E-state index in [0.29, 0.717) is 12.3 Å². The maximum atomic E-state index is 12.3. The number of carbonyl (C=O) groups is 1. The molecule has 1 amide bonds. The van der Waals surface area contributed by atoms with Crippen LogP contribution in [0.15, 0.2) is 35.5 Å². The molecule has 108 valence electrons. The van der Waals surface area contributed by atoms with Crippen molar-refractivity contribution in [3.05, 3.63) is 35.9 Å².